The molecule has 0 saturated carbocycles. The molecule has 1 heterocycles. The zero-order chi connectivity index (χ0) is 15.6. The van der Waals surface area contributed by atoms with Crippen LogP contribution in [0.5, 0.6) is 0 Å². The second-order valence-corrected chi connectivity index (χ2v) is 6.30. The van der Waals surface area contributed by atoms with Crippen LogP contribution >= 0.6 is 11.3 Å². The minimum Gasteiger partial charge on any atom is -0.465 e. The van der Waals surface area contributed by atoms with Gasteiger partial charge in [-0.3, -0.25) is 0 Å². The molecular weight excluding hydrogens is 284 g/mol. The summed E-state index contributed by atoms with van der Waals surface area (Å²) in [6.45, 7) is 8.15. The summed E-state index contributed by atoms with van der Waals surface area (Å²) in [6, 6.07) is 5.71. The van der Waals surface area contributed by atoms with E-state index in [2.05, 4.69) is 17.2 Å². The van der Waals surface area contributed by atoms with Crippen molar-refractivity contribution in [1.82, 2.24) is 4.98 Å². The number of aromatic nitrogens is 1. The van der Waals surface area contributed by atoms with Crippen LogP contribution in [0.2, 0.25) is 0 Å². The second-order valence-electron chi connectivity index (χ2n) is 5.07. The summed E-state index contributed by atoms with van der Waals surface area (Å²) >= 11 is 1.71. The summed E-state index contributed by atoms with van der Waals surface area (Å²) in [6.07, 6.45) is 0. The Kier molecular flexibility index (Phi) is 4.63. The Morgan fingerprint density at radius 2 is 2.05 bits per heavy atom. The number of nitrogens with one attached hydrogen (secondary N) is 1. The molecule has 0 fully saturated rings. The van der Waals surface area contributed by atoms with Crippen molar-refractivity contribution < 1.29 is 9.53 Å². The number of hydrogen-bond acceptors (Lipinski definition) is 5. The minimum atomic E-state index is -0.313. The van der Waals surface area contributed by atoms with E-state index in [1.54, 1.807) is 17.4 Å². The molecule has 21 heavy (non-hydrogen) atoms. The molecule has 5 heteroatoms. The maximum absolute atomic E-state index is 11.5. The lowest BCUT2D eigenvalue weighted by molar-refractivity contribution is 0.0600. The fourth-order valence-corrected chi connectivity index (χ4v) is 3.25. The smallest absolute Gasteiger partial charge is 0.337 e. The number of hydrogen-bond donors (Lipinski definition) is 1. The fourth-order valence-electron chi connectivity index (χ4n) is 2.32. The van der Waals surface area contributed by atoms with Crippen LogP contribution in [-0.2, 0) is 4.74 Å². The van der Waals surface area contributed by atoms with Crippen LogP contribution < -0.4 is 5.32 Å². The molecule has 0 saturated heterocycles. The molecule has 1 atom stereocenters. The molecule has 1 aromatic carbocycles. The fraction of sp³-hybridized carbons (Fsp3) is 0.375. The van der Waals surface area contributed by atoms with Gasteiger partial charge in [0.05, 0.1) is 29.4 Å². The number of aryl methyl sites for hydroxylation is 3. The predicted octanol–water partition coefficient (Wildman–Crippen LogP) is 4.03. The lowest BCUT2D eigenvalue weighted by Gasteiger charge is -2.17. The summed E-state index contributed by atoms with van der Waals surface area (Å²) in [7, 11) is 1.39. The molecule has 0 spiro atoms. The van der Waals surface area contributed by atoms with E-state index < -0.39 is 0 Å². The summed E-state index contributed by atoms with van der Waals surface area (Å²) in [4.78, 5) is 17.2. The molecule has 1 N–H and O–H groups in total. The van der Waals surface area contributed by atoms with Crippen molar-refractivity contribution in [3.63, 3.8) is 0 Å². The highest BCUT2D eigenvalue weighted by Gasteiger charge is 2.14. The molecule has 0 aliphatic rings. The number of thiazole rings is 1. The first-order chi connectivity index (χ1) is 9.92. The van der Waals surface area contributed by atoms with Crippen molar-refractivity contribution in [2.45, 2.75) is 33.7 Å². The highest BCUT2D eigenvalue weighted by molar-refractivity contribution is 7.11. The van der Waals surface area contributed by atoms with Gasteiger partial charge in [0, 0.05) is 10.6 Å². The summed E-state index contributed by atoms with van der Waals surface area (Å²) in [5.41, 5.74) is 3.67. The van der Waals surface area contributed by atoms with Crippen molar-refractivity contribution in [1.29, 1.82) is 0 Å². The first-order valence-electron chi connectivity index (χ1n) is 6.81. The number of anilines is 1. The first-order valence-corrected chi connectivity index (χ1v) is 7.63. The number of ether oxygens (including phenoxy) is 1. The minimum absolute atomic E-state index is 0.180. The Labute approximate surface area is 129 Å². The average molecular weight is 304 g/mol. The first kappa shape index (κ1) is 15.5. The zero-order valence-electron chi connectivity index (χ0n) is 13.0. The summed E-state index contributed by atoms with van der Waals surface area (Å²) < 4.78 is 4.73. The molecule has 0 aliphatic heterocycles. The van der Waals surface area contributed by atoms with Gasteiger partial charge in [0.1, 0.15) is 0 Å². The quantitative estimate of drug-likeness (QED) is 0.867. The zero-order valence-corrected chi connectivity index (χ0v) is 13.8. The molecular formula is C16H20N2O2S. The van der Waals surface area contributed by atoms with Crippen LogP contribution in [0, 0.1) is 20.8 Å². The van der Waals surface area contributed by atoms with Gasteiger partial charge in [-0.05, 0) is 51.5 Å². The largest absolute Gasteiger partial charge is 0.465 e. The SMILES string of the molecule is COC(=O)c1ccc(NC(C)c2sc(C)nc2C)c(C)c1. The molecule has 2 rings (SSSR count). The van der Waals surface area contributed by atoms with Gasteiger partial charge in [-0.15, -0.1) is 11.3 Å². The van der Waals surface area contributed by atoms with Crippen molar-refractivity contribution in [2.24, 2.45) is 0 Å². The van der Waals surface area contributed by atoms with Gasteiger partial charge < -0.3 is 10.1 Å². The van der Waals surface area contributed by atoms with Gasteiger partial charge in [-0.25, -0.2) is 9.78 Å². The molecule has 2 aromatic rings. The summed E-state index contributed by atoms with van der Waals surface area (Å²) in [5, 5.41) is 4.56. The van der Waals surface area contributed by atoms with E-state index >= 15 is 0 Å². The normalized spacial score (nSPS) is 12.0. The van der Waals surface area contributed by atoms with Crippen LogP contribution in [-0.4, -0.2) is 18.1 Å². The number of carbonyl (C=O) groups is 1. The van der Waals surface area contributed by atoms with E-state index in [4.69, 9.17) is 4.74 Å². The molecule has 1 aromatic heterocycles. The van der Waals surface area contributed by atoms with Gasteiger partial charge in [-0.1, -0.05) is 0 Å². The molecule has 1 unspecified atom stereocenters. The monoisotopic (exact) mass is 304 g/mol. The second kappa shape index (κ2) is 6.26. The van der Waals surface area contributed by atoms with Crippen LogP contribution in [0.1, 0.15) is 44.5 Å². The van der Waals surface area contributed by atoms with Crippen LogP contribution in [0.25, 0.3) is 0 Å². The Hall–Kier alpha value is -1.88. The van der Waals surface area contributed by atoms with Crippen molar-refractivity contribution in [3.05, 3.63) is 44.9 Å². The number of rotatable bonds is 4. The van der Waals surface area contributed by atoms with Gasteiger partial charge >= 0.3 is 5.97 Å². The van der Waals surface area contributed by atoms with Gasteiger partial charge in [0.2, 0.25) is 0 Å². The molecule has 0 amide bonds. The molecule has 4 nitrogen and oxygen atoms in total. The Morgan fingerprint density at radius 1 is 1.33 bits per heavy atom. The number of esters is 1. The van der Waals surface area contributed by atoms with Gasteiger partial charge in [0.25, 0.3) is 0 Å². The van der Waals surface area contributed by atoms with E-state index in [9.17, 15) is 4.79 Å². The van der Waals surface area contributed by atoms with Gasteiger partial charge in [0.15, 0.2) is 0 Å². The lowest BCUT2D eigenvalue weighted by Crippen LogP contribution is -2.08. The van der Waals surface area contributed by atoms with Crippen LogP contribution in [0.15, 0.2) is 18.2 Å². The number of benzene rings is 1. The van der Waals surface area contributed by atoms with Crippen molar-refractivity contribution in [3.8, 4) is 0 Å². The maximum atomic E-state index is 11.5. The highest BCUT2D eigenvalue weighted by Crippen LogP contribution is 2.29. The Morgan fingerprint density at radius 3 is 2.57 bits per heavy atom. The Bertz CT molecular complexity index is 664. The lowest BCUT2D eigenvalue weighted by atomic mass is 10.1. The molecule has 0 radical (unpaired) electrons. The third-order valence-electron chi connectivity index (χ3n) is 3.35. The van der Waals surface area contributed by atoms with E-state index in [0.717, 1.165) is 22.0 Å². The topological polar surface area (TPSA) is 51.2 Å². The number of nitrogens with zero attached hydrogens (tertiary/aromatic N) is 1. The molecule has 0 aliphatic carbocycles. The van der Waals surface area contributed by atoms with E-state index in [-0.39, 0.29) is 12.0 Å². The summed E-state index contributed by atoms with van der Waals surface area (Å²) in [5.74, 6) is -0.313. The van der Waals surface area contributed by atoms with Gasteiger partial charge in [-0.2, -0.15) is 0 Å². The highest BCUT2D eigenvalue weighted by atomic mass is 32.1. The van der Waals surface area contributed by atoms with Crippen molar-refractivity contribution in [2.75, 3.05) is 12.4 Å². The molecule has 0 bridgehead atoms. The number of methoxy groups -OCH3 is 1. The van der Waals surface area contributed by atoms with E-state index in [1.807, 2.05) is 32.9 Å². The predicted molar refractivity (Wildman–Crippen MR) is 86.1 cm³/mol. The third-order valence-corrected chi connectivity index (χ3v) is 4.61. The van der Waals surface area contributed by atoms with Crippen molar-refractivity contribution >= 4 is 23.0 Å². The van der Waals surface area contributed by atoms with E-state index in [1.165, 1.54) is 12.0 Å². The van der Waals surface area contributed by atoms with Crippen LogP contribution in [0.4, 0.5) is 5.69 Å². The standard InChI is InChI=1S/C16H20N2O2S/c1-9-8-13(16(19)20-5)6-7-14(9)18-11(3)15-10(2)17-12(4)21-15/h6-8,11,18H,1-5H3. The average Bonchev–Trinajstić information content (AvgIpc) is 2.79. The Balaban J connectivity index is 2.20. The maximum Gasteiger partial charge on any atom is 0.337 e. The third kappa shape index (κ3) is 3.42. The molecule has 112 valence electrons. The number of carbonyl (C=O) groups excluding carboxylic acids is 1. The van der Waals surface area contributed by atoms with Crippen LogP contribution in [0.3, 0.4) is 0 Å². The van der Waals surface area contributed by atoms with E-state index in [0.29, 0.717) is 5.56 Å².